The van der Waals surface area contributed by atoms with E-state index in [0.717, 1.165) is 25.8 Å². The van der Waals surface area contributed by atoms with Gasteiger partial charge in [-0.25, -0.2) is 0 Å². The minimum absolute atomic E-state index is 0. The average Bonchev–Trinajstić information content (AvgIpc) is 2.90. The third-order valence-corrected chi connectivity index (χ3v) is 4.21. The molecule has 0 heterocycles. The zero-order chi connectivity index (χ0) is 11.5. The molecule has 0 saturated heterocycles. The number of halogens is 1. The maximum Gasteiger partial charge on any atom is 0.225 e. The minimum atomic E-state index is 0. The number of hydrogen-bond acceptors (Lipinski definition) is 2. The molecule has 2 fully saturated rings. The molecular weight excluding hydrogens is 236 g/mol. The van der Waals surface area contributed by atoms with Crippen LogP contribution in [0.4, 0.5) is 0 Å². The van der Waals surface area contributed by atoms with Crippen LogP contribution in [0.15, 0.2) is 0 Å². The van der Waals surface area contributed by atoms with E-state index in [4.69, 9.17) is 5.73 Å². The van der Waals surface area contributed by atoms with E-state index in [2.05, 4.69) is 11.8 Å². The number of carbonyl (C=O) groups excluding carboxylic acids is 1. The molecule has 0 aromatic rings. The Morgan fingerprint density at radius 3 is 2.35 bits per heavy atom. The maximum absolute atomic E-state index is 12.4. The van der Waals surface area contributed by atoms with E-state index < -0.39 is 0 Å². The summed E-state index contributed by atoms with van der Waals surface area (Å²) in [5.74, 6) is 0.595. The first-order valence-corrected chi connectivity index (χ1v) is 6.78. The lowest BCUT2D eigenvalue weighted by atomic mass is 10.0. The summed E-state index contributed by atoms with van der Waals surface area (Å²) in [7, 11) is 0. The van der Waals surface area contributed by atoms with Crippen molar-refractivity contribution < 1.29 is 4.79 Å². The van der Waals surface area contributed by atoms with E-state index in [0.29, 0.717) is 11.9 Å². The second-order valence-electron chi connectivity index (χ2n) is 5.33. The highest BCUT2D eigenvalue weighted by Gasteiger charge is 2.34. The summed E-state index contributed by atoms with van der Waals surface area (Å²) in [5, 5.41) is 0. The molecule has 2 atom stereocenters. The molecule has 1 amide bonds. The number of hydrogen-bond donors (Lipinski definition) is 1. The van der Waals surface area contributed by atoms with E-state index in [1.807, 2.05) is 0 Å². The highest BCUT2D eigenvalue weighted by molar-refractivity contribution is 5.85. The van der Waals surface area contributed by atoms with Crippen LogP contribution in [-0.4, -0.2) is 29.4 Å². The van der Waals surface area contributed by atoms with Gasteiger partial charge in [0.1, 0.15) is 0 Å². The molecule has 0 aliphatic heterocycles. The van der Waals surface area contributed by atoms with Crippen molar-refractivity contribution in [2.75, 3.05) is 6.54 Å². The van der Waals surface area contributed by atoms with Crippen LogP contribution >= 0.6 is 12.4 Å². The largest absolute Gasteiger partial charge is 0.340 e. The highest BCUT2D eigenvalue weighted by atomic mass is 35.5. The fourth-order valence-electron chi connectivity index (χ4n) is 3.29. The molecule has 2 N–H and O–H groups in total. The van der Waals surface area contributed by atoms with E-state index in [-0.39, 0.29) is 24.4 Å². The summed E-state index contributed by atoms with van der Waals surface area (Å²) in [6, 6.07) is 0.783. The van der Waals surface area contributed by atoms with E-state index >= 15 is 0 Å². The number of nitrogens with zero attached hydrogens (tertiary/aromatic N) is 1. The monoisotopic (exact) mass is 260 g/mol. The minimum Gasteiger partial charge on any atom is -0.340 e. The van der Waals surface area contributed by atoms with Gasteiger partial charge in [-0.15, -0.1) is 12.4 Å². The van der Waals surface area contributed by atoms with Crippen LogP contribution in [0.3, 0.4) is 0 Å². The van der Waals surface area contributed by atoms with Crippen LogP contribution in [0.25, 0.3) is 0 Å². The predicted molar refractivity (Wildman–Crippen MR) is 72.2 cm³/mol. The van der Waals surface area contributed by atoms with Crippen LogP contribution in [0.2, 0.25) is 0 Å². The van der Waals surface area contributed by atoms with Gasteiger partial charge >= 0.3 is 0 Å². The zero-order valence-electron chi connectivity index (χ0n) is 10.7. The summed E-state index contributed by atoms with van der Waals surface area (Å²) in [6.07, 6.45) is 7.93. The molecule has 17 heavy (non-hydrogen) atoms. The number of rotatable bonds is 3. The van der Waals surface area contributed by atoms with Gasteiger partial charge in [0.2, 0.25) is 5.91 Å². The molecule has 0 spiro atoms. The Morgan fingerprint density at radius 2 is 1.88 bits per heavy atom. The van der Waals surface area contributed by atoms with Crippen molar-refractivity contribution in [2.24, 2.45) is 11.7 Å². The quantitative estimate of drug-likeness (QED) is 0.847. The molecule has 0 radical (unpaired) electrons. The van der Waals surface area contributed by atoms with Crippen molar-refractivity contribution in [3.05, 3.63) is 0 Å². The van der Waals surface area contributed by atoms with Gasteiger partial charge in [-0.1, -0.05) is 12.8 Å². The normalized spacial score (nSPS) is 29.1. The van der Waals surface area contributed by atoms with Gasteiger partial charge in [0.05, 0.1) is 0 Å². The molecule has 2 unspecified atom stereocenters. The second kappa shape index (κ2) is 6.60. The lowest BCUT2D eigenvalue weighted by Crippen LogP contribution is -2.42. The van der Waals surface area contributed by atoms with Gasteiger partial charge in [-0.2, -0.15) is 0 Å². The molecular formula is C13H25ClN2O. The molecule has 2 aliphatic carbocycles. The number of carbonyl (C=O) groups is 1. The van der Waals surface area contributed by atoms with E-state index in [1.54, 1.807) is 0 Å². The average molecular weight is 261 g/mol. The number of amides is 1. The molecule has 4 heteroatoms. The third kappa shape index (κ3) is 3.35. The van der Waals surface area contributed by atoms with Gasteiger partial charge in [-0.05, 0) is 39.0 Å². The number of nitrogens with two attached hydrogens (primary N) is 1. The Balaban J connectivity index is 0.00000144. The molecule has 100 valence electrons. The Morgan fingerprint density at radius 1 is 1.24 bits per heavy atom. The topological polar surface area (TPSA) is 46.3 Å². The van der Waals surface area contributed by atoms with Gasteiger partial charge in [0.25, 0.3) is 0 Å². The van der Waals surface area contributed by atoms with Crippen molar-refractivity contribution in [1.29, 1.82) is 0 Å². The molecule has 2 rings (SSSR count). The maximum atomic E-state index is 12.4. The first-order valence-electron chi connectivity index (χ1n) is 6.78. The standard InChI is InChI=1S/C13H24N2O.ClH/c1-2-15(12-5-3-4-6-12)13(16)10-7-8-11(14)9-10;/h10-12H,2-9,14H2,1H3;1H. The molecule has 3 nitrogen and oxygen atoms in total. The van der Waals surface area contributed by atoms with Crippen molar-refractivity contribution in [3.8, 4) is 0 Å². The molecule has 2 aliphatic rings. The highest BCUT2D eigenvalue weighted by Crippen LogP contribution is 2.30. The van der Waals surface area contributed by atoms with Crippen molar-refractivity contribution >= 4 is 18.3 Å². The molecule has 0 bridgehead atoms. The Hall–Kier alpha value is -0.280. The van der Waals surface area contributed by atoms with Gasteiger partial charge in [0.15, 0.2) is 0 Å². The summed E-state index contributed by atoms with van der Waals surface area (Å²) in [6.45, 7) is 2.97. The smallest absolute Gasteiger partial charge is 0.225 e. The van der Waals surface area contributed by atoms with Crippen molar-refractivity contribution in [1.82, 2.24) is 4.90 Å². The summed E-state index contributed by atoms with van der Waals surface area (Å²) in [5.41, 5.74) is 5.89. The van der Waals surface area contributed by atoms with Gasteiger partial charge in [-0.3, -0.25) is 4.79 Å². The van der Waals surface area contributed by atoms with Crippen molar-refractivity contribution in [2.45, 2.75) is 64.0 Å². The first kappa shape index (κ1) is 14.8. The summed E-state index contributed by atoms with van der Waals surface area (Å²) >= 11 is 0. The first-order chi connectivity index (χ1) is 7.72. The Kier molecular flexibility index (Phi) is 5.74. The van der Waals surface area contributed by atoms with E-state index in [9.17, 15) is 4.79 Å². The third-order valence-electron chi connectivity index (χ3n) is 4.21. The fraction of sp³-hybridized carbons (Fsp3) is 0.923. The van der Waals surface area contributed by atoms with Crippen LogP contribution in [0.1, 0.15) is 51.9 Å². The van der Waals surface area contributed by atoms with Crippen LogP contribution < -0.4 is 5.73 Å². The summed E-state index contributed by atoms with van der Waals surface area (Å²) < 4.78 is 0. The lowest BCUT2D eigenvalue weighted by Gasteiger charge is -2.30. The second-order valence-corrected chi connectivity index (χ2v) is 5.33. The van der Waals surface area contributed by atoms with Crippen LogP contribution in [-0.2, 0) is 4.79 Å². The molecule has 0 aromatic carbocycles. The van der Waals surface area contributed by atoms with Crippen LogP contribution in [0.5, 0.6) is 0 Å². The van der Waals surface area contributed by atoms with Gasteiger partial charge < -0.3 is 10.6 Å². The Bertz CT molecular complexity index is 254. The van der Waals surface area contributed by atoms with Crippen LogP contribution in [0, 0.1) is 5.92 Å². The molecule has 0 aromatic heterocycles. The predicted octanol–water partition coefficient (Wildman–Crippen LogP) is 2.33. The molecule has 2 saturated carbocycles. The van der Waals surface area contributed by atoms with E-state index in [1.165, 1.54) is 25.7 Å². The SMILES string of the molecule is CCN(C(=O)C1CCC(N)C1)C1CCCC1.Cl. The van der Waals surface area contributed by atoms with Crippen molar-refractivity contribution in [3.63, 3.8) is 0 Å². The fourth-order valence-corrected chi connectivity index (χ4v) is 3.29. The lowest BCUT2D eigenvalue weighted by molar-refractivity contribution is -0.137. The Labute approximate surface area is 111 Å². The van der Waals surface area contributed by atoms with Gasteiger partial charge in [0, 0.05) is 24.5 Å². The summed E-state index contributed by atoms with van der Waals surface area (Å²) in [4.78, 5) is 14.5. The zero-order valence-corrected chi connectivity index (χ0v) is 11.5.